The van der Waals surface area contributed by atoms with Gasteiger partial charge in [-0.2, -0.15) is 13.2 Å². The highest BCUT2D eigenvalue weighted by molar-refractivity contribution is 6.42. The first kappa shape index (κ1) is 13.6. The van der Waals surface area contributed by atoms with Crippen LogP contribution in [0.5, 0.6) is 0 Å². The molecular formula is C10H10Cl2F3N. The van der Waals surface area contributed by atoms with E-state index in [9.17, 15) is 13.2 Å². The molecule has 0 heterocycles. The van der Waals surface area contributed by atoms with Crippen LogP contribution in [0.4, 0.5) is 13.2 Å². The Labute approximate surface area is 101 Å². The summed E-state index contributed by atoms with van der Waals surface area (Å²) in [5, 5.41) is -0.00673. The zero-order valence-corrected chi connectivity index (χ0v) is 9.92. The summed E-state index contributed by atoms with van der Waals surface area (Å²) in [6.07, 6.45) is -4.34. The van der Waals surface area contributed by atoms with Crippen LogP contribution >= 0.6 is 23.2 Å². The van der Waals surface area contributed by atoms with Crippen LogP contribution in [0, 0.1) is 0 Å². The zero-order chi connectivity index (χ0) is 12.5. The lowest BCUT2D eigenvalue weighted by Gasteiger charge is -2.15. The topological polar surface area (TPSA) is 26.0 Å². The van der Waals surface area contributed by atoms with E-state index in [-0.39, 0.29) is 28.1 Å². The average Bonchev–Trinajstić information content (AvgIpc) is 2.08. The lowest BCUT2D eigenvalue weighted by molar-refractivity contribution is -0.138. The summed E-state index contributed by atoms with van der Waals surface area (Å²) in [5.41, 5.74) is 4.77. The summed E-state index contributed by atoms with van der Waals surface area (Å²) in [4.78, 5) is 0. The van der Waals surface area contributed by atoms with Gasteiger partial charge >= 0.3 is 6.18 Å². The van der Waals surface area contributed by atoms with Crippen LogP contribution in [0.15, 0.2) is 12.1 Å². The van der Waals surface area contributed by atoms with E-state index in [2.05, 4.69) is 0 Å². The highest BCUT2D eigenvalue weighted by Gasteiger charge is 2.34. The molecule has 0 amide bonds. The molecule has 0 saturated carbocycles. The standard InChI is InChI=1S/C10H10Cl2F3N/c1-5(16)2-6-3-8(11)9(12)4-7(6)10(13,14)15/h3-5H,2,16H2,1H3. The Kier molecular flexibility index (Phi) is 4.10. The fraction of sp³-hybridized carbons (Fsp3) is 0.400. The van der Waals surface area contributed by atoms with Crippen LogP contribution in [-0.4, -0.2) is 6.04 Å². The quantitative estimate of drug-likeness (QED) is 0.868. The molecule has 0 spiro atoms. The van der Waals surface area contributed by atoms with Crippen molar-refractivity contribution in [3.63, 3.8) is 0 Å². The van der Waals surface area contributed by atoms with Crippen molar-refractivity contribution in [3.8, 4) is 0 Å². The van der Waals surface area contributed by atoms with Crippen molar-refractivity contribution in [2.75, 3.05) is 0 Å². The molecular weight excluding hydrogens is 262 g/mol. The van der Waals surface area contributed by atoms with Gasteiger partial charge in [0.25, 0.3) is 0 Å². The van der Waals surface area contributed by atoms with Gasteiger partial charge in [-0.3, -0.25) is 0 Å². The molecule has 1 nitrogen and oxygen atoms in total. The fourth-order valence-corrected chi connectivity index (χ4v) is 1.72. The van der Waals surface area contributed by atoms with Gasteiger partial charge in [0.2, 0.25) is 0 Å². The molecule has 1 unspecified atom stereocenters. The minimum atomic E-state index is -4.45. The Morgan fingerprint density at radius 2 is 1.75 bits per heavy atom. The maximum absolute atomic E-state index is 12.7. The predicted molar refractivity (Wildman–Crippen MR) is 58.8 cm³/mol. The minimum absolute atomic E-state index is 0.0666. The van der Waals surface area contributed by atoms with Gasteiger partial charge in [0.15, 0.2) is 0 Å². The first-order valence-electron chi connectivity index (χ1n) is 4.52. The molecule has 1 aromatic carbocycles. The maximum atomic E-state index is 12.7. The molecule has 1 aromatic rings. The summed E-state index contributed by atoms with van der Waals surface area (Å²) < 4.78 is 38.0. The van der Waals surface area contributed by atoms with Gasteiger partial charge in [-0.25, -0.2) is 0 Å². The van der Waals surface area contributed by atoms with Gasteiger partial charge in [0.1, 0.15) is 0 Å². The fourth-order valence-electron chi connectivity index (χ4n) is 1.37. The van der Waals surface area contributed by atoms with E-state index in [4.69, 9.17) is 28.9 Å². The van der Waals surface area contributed by atoms with Gasteiger partial charge in [-0.05, 0) is 31.0 Å². The smallest absolute Gasteiger partial charge is 0.328 e. The number of rotatable bonds is 2. The van der Waals surface area contributed by atoms with Gasteiger partial charge in [-0.15, -0.1) is 0 Å². The van der Waals surface area contributed by atoms with E-state index in [0.29, 0.717) is 0 Å². The van der Waals surface area contributed by atoms with Crippen LogP contribution in [-0.2, 0) is 12.6 Å². The van der Waals surface area contributed by atoms with Gasteiger partial charge < -0.3 is 5.73 Å². The summed E-state index contributed by atoms with van der Waals surface area (Å²) >= 11 is 11.2. The van der Waals surface area contributed by atoms with Crippen LogP contribution in [0.3, 0.4) is 0 Å². The Bertz CT molecular complexity index is 388. The third-order valence-corrected chi connectivity index (χ3v) is 2.72. The average molecular weight is 272 g/mol. The van der Waals surface area contributed by atoms with Crippen LogP contribution in [0.1, 0.15) is 18.1 Å². The molecule has 16 heavy (non-hydrogen) atoms. The molecule has 0 fully saturated rings. The van der Waals surface area contributed by atoms with E-state index in [0.717, 1.165) is 6.07 Å². The van der Waals surface area contributed by atoms with Crippen molar-refractivity contribution in [1.29, 1.82) is 0 Å². The Balaban J connectivity index is 3.28. The number of hydrogen-bond acceptors (Lipinski definition) is 1. The number of halogens is 5. The van der Waals surface area contributed by atoms with E-state index in [1.807, 2.05) is 0 Å². The molecule has 0 saturated heterocycles. The predicted octanol–water partition coefficient (Wildman–Crippen LogP) is 3.90. The molecule has 0 aliphatic carbocycles. The Morgan fingerprint density at radius 1 is 1.25 bits per heavy atom. The first-order valence-corrected chi connectivity index (χ1v) is 5.28. The van der Waals surface area contributed by atoms with Crippen LogP contribution in [0.25, 0.3) is 0 Å². The van der Waals surface area contributed by atoms with Gasteiger partial charge in [-0.1, -0.05) is 23.2 Å². The molecule has 2 N–H and O–H groups in total. The minimum Gasteiger partial charge on any atom is -0.328 e. The summed E-state index contributed by atoms with van der Waals surface area (Å²) in [6, 6.07) is 1.68. The lowest BCUT2D eigenvalue weighted by atomic mass is 10.0. The summed E-state index contributed by atoms with van der Waals surface area (Å²) in [7, 11) is 0. The number of hydrogen-bond donors (Lipinski definition) is 1. The van der Waals surface area contributed by atoms with E-state index in [1.54, 1.807) is 6.92 Å². The number of nitrogens with two attached hydrogens (primary N) is 1. The summed E-state index contributed by atoms with van der Waals surface area (Å²) in [5.74, 6) is 0. The first-order chi connectivity index (χ1) is 7.21. The molecule has 1 rings (SSSR count). The number of alkyl halides is 3. The third kappa shape index (κ3) is 3.27. The second kappa shape index (κ2) is 4.82. The summed E-state index contributed by atoms with van der Waals surface area (Å²) in [6.45, 7) is 1.63. The van der Waals surface area contributed by atoms with E-state index >= 15 is 0 Å². The molecule has 90 valence electrons. The lowest BCUT2D eigenvalue weighted by Crippen LogP contribution is -2.20. The van der Waals surface area contributed by atoms with Crippen molar-refractivity contribution in [2.45, 2.75) is 25.6 Å². The van der Waals surface area contributed by atoms with Crippen molar-refractivity contribution in [2.24, 2.45) is 5.73 Å². The SMILES string of the molecule is CC(N)Cc1cc(Cl)c(Cl)cc1C(F)(F)F. The maximum Gasteiger partial charge on any atom is 0.416 e. The van der Waals surface area contributed by atoms with E-state index < -0.39 is 11.7 Å². The Hall–Kier alpha value is -0.450. The van der Waals surface area contributed by atoms with Crippen molar-refractivity contribution < 1.29 is 13.2 Å². The van der Waals surface area contributed by atoms with Crippen molar-refractivity contribution in [1.82, 2.24) is 0 Å². The van der Waals surface area contributed by atoms with Crippen molar-refractivity contribution in [3.05, 3.63) is 33.3 Å². The number of benzene rings is 1. The monoisotopic (exact) mass is 271 g/mol. The van der Waals surface area contributed by atoms with Crippen LogP contribution < -0.4 is 5.73 Å². The molecule has 0 aromatic heterocycles. The van der Waals surface area contributed by atoms with Crippen molar-refractivity contribution >= 4 is 23.2 Å². The third-order valence-electron chi connectivity index (χ3n) is 1.99. The second-order valence-electron chi connectivity index (χ2n) is 3.60. The van der Waals surface area contributed by atoms with Gasteiger partial charge in [0, 0.05) is 6.04 Å². The molecule has 0 bridgehead atoms. The van der Waals surface area contributed by atoms with E-state index in [1.165, 1.54) is 6.07 Å². The molecule has 0 aliphatic rings. The second-order valence-corrected chi connectivity index (χ2v) is 4.42. The molecule has 0 aliphatic heterocycles. The molecule has 1 atom stereocenters. The van der Waals surface area contributed by atoms with Gasteiger partial charge in [0.05, 0.1) is 15.6 Å². The zero-order valence-electron chi connectivity index (χ0n) is 8.41. The normalized spacial score (nSPS) is 13.9. The Morgan fingerprint density at radius 3 is 2.19 bits per heavy atom. The highest BCUT2D eigenvalue weighted by Crippen LogP contribution is 2.37. The molecule has 0 radical (unpaired) electrons. The molecule has 6 heteroatoms. The largest absolute Gasteiger partial charge is 0.416 e. The highest BCUT2D eigenvalue weighted by atomic mass is 35.5. The van der Waals surface area contributed by atoms with Crippen LogP contribution in [0.2, 0.25) is 10.0 Å².